The number of aromatic amines is 1. The number of H-pyrrole nitrogens is 1. The predicted octanol–water partition coefficient (Wildman–Crippen LogP) is -2.79. The van der Waals surface area contributed by atoms with Crippen molar-refractivity contribution in [2.24, 2.45) is 11.5 Å². The summed E-state index contributed by atoms with van der Waals surface area (Å²) in [6.45, 7) is -0.329. The Labute approximate surface area is 161 Å². The molecule has 3 amide bonds. The maximum atomic E-state index is 11.9. The number of imidazole rings is 1. The monoisotopic (exact) mass is 397 g/mol. The number of hydrogen-bond acceptors (Lipinski definition) is 7. The SMILES string of the molecule is NCCCC[C@H](NC(=O)CNC(=O)CNC(=O)[C@@H](N)Cc1cnc[nH]1)C(=O)O. The van der Waals surface area contributed by atoms with Crippen LogP contribution in [0.3, 0.4) is 0 Å². The third-order valence-corrected chi connectivity index (χ3v) is 3.78. The number of carboxylic acids is 1. The van der Waals surface area contributed by atoms with Crippen LogP contribution in [0.15, 0.2) is 12.5 Å². The molecule has 0 aliphatic carbocycles. The molecule has 12 nitrogen and oxygen atoms in total. The Balaban J connectivity index is 2.27. The van der Waals surface area contributed by atoms with Gasteiger partial charge in [0.1, 0.15) is 6.04 Å². The Morgan fingerprint density at radius 1 is 1.14 bits per heavy atom. The number of aliphatic carboxylic acids is 1. The molecule has 0 saturated carbocycles. The number of nitrogens with zero attached hydrogens (tertiary/aromatic N) is 1. The van der Waals surface area contributed by atoms with Crippen molar-refractivity contribution in [1.29, 1.82) is 0 Å². The summed E-state index contributed by atoms with van der Waals surface area (Å²) in [5.74, 6) is -2.93. The minimum atomic E-state index is -1.16. The molecular formula is C16H27N7O5. The van der Waals surface area contributed by atoms with Crippen LogP contribution in [0, 0.1) is 0 Å². The van der Waals surface area contributed by atoms with Crippen LogP contribution in [0.5, 0.6) is 0 Å². The number of aromatic nitrogens is 2. The number of unbranched alkanes of at least 4 members (excludes halogenated alkanes) is 1. The van der Waals surface area contributed by atoms with E-state index in [1.54, 1.807) is 6.20 Å². The molecule has 0 fully saturated rings. The van der Waals surface area contributed by atoms with Gasteiger partial charge in [0.15, 0.2) is 0 Å². The number of carboxylic acid groups (broad SMARTS) is 1. The van der Waals surface area contributed by atoms with Crippen LogP contribution in [0.25, 0.3) is 0 Å². The molecule has 1 rings (SSSR count). The van der Waals surface area contributed by atoms with E-state index in [2.05, 4.69) is 25.9 Å². The van der Waals surface area contributed by atoms with E-state index in [-0.39, 0.29) is 19.4 Å². The van der Waals surface area contributed by atoms with Gasteiger partial charge in [0, 0.05) is 18.3 Å². The summed E-state index contributed by atoms with van der Waals surface area (Å²) in [6, 6.07) is -1.91. The molecule has 28 heavy (non-hydrogen) atoms. The Morgan fingerprint density at radius 3 is 2.46 bits per heavy atom. The van der Waals surface area contributed by atoms with Crippen LogP contribution in [0.4, 0.5) is 0 Å². The lowest BCUT2D eigenvalue weighted by atomic mass is 10.1. The second-order valence-corrected chi connectivity index (χ2v) is 6.12. The lowest BCUT2D eigenvalue weighted by Crippen LogP contribution is -2.48. The summed E-state index contributed by atoms with van der Waals surface area (Å²) in [4.78, 5) is 53.1. The summed E-state index contributed by atoms with van der Waals surface area (Å²) in [5, 5.41) is 16.1. The molecule has 1 heterocycles. The number of rotatable bonds is 13. The maximum absolute atomic E-state index is 11.9. The van der Waals surface area contributed by atoms with Crippen LogP contribution in [-0.4, -0.2) is 70.5 Å². The molecule has 0 spiro atoms. The highest BCUT2D eigenvalue weighted by atomic mass is 16.4. The molecule has 1 aromatic rings. The maximum Gasteiger partial charge on any atom is 0.326 e. The van der Waals surface area contributed by atoms with Crippen LogP contribution in [0.2, 0.25) is 0 Å². The molecular weight excluding hydrogens is 370 g/mol. The lowest BCUT2D eigenvalue weighted by molar-refractivity contribution is -0.142. The van der Waals surface area contributed by atoms with Crippen LogP contribution >= 0.6 is 0 Å². The minimum Gasteiger partial charge on any atom is -0.480 e. The first kappa shape index (κ1) is 23.0. The largest absolute Gasteiger partial charge is 0.480 e. The topological polar surface area (TPSA) is 205 Å². The fraction of sp³-hybridized carbons (Fsp3) is 0.562. The Morgan fingerprint density at radius 2 is 1.86 bits per heavy atom. The smallest absolute Gasteiger partial charge is 0.326 e. The van der Waals surface area contributed by atoms with Crippen molar-refractivity contribution in [3.63, 3.8) is 0 Å². The number of amides is 3. The van der Waals surface area contributed by atoms with Crippen molar-refractivity contribution < 1.29 is 24.3 Å². The fourth-order valence-electron chi connectivity index (χ4n) is 2.26. The zero-order chi connectivity index (χ0) is 20.9. The van der Waals surface area contributed by atoms with Crippen molar-refractivity contribution >= 4 is 23.7 Å². The molecule has 12 heteroatoms. The van der Waals surface area contributed by atoms with Crippen molar-refractivity contribution in [3.05, 3.63) is 18.2 Å². The Hall–Kier alpha value is -2.99. The molecule has 0 bridgehead atoms. The van der Waals surface area contributed by atoms with Crippen LogP contribution < -0.4 is 27.4 Å². The van der Waals surface area contributed by atoms with Gasteiger partial charge in [-0.05, 0) is 25.8 Å². The van der Waals surface area contributed by atoms with E-state index in [1.165, 1.54) is 6.33 Å². The molecule has 0 saturated heterocycles. The molecule has 0 aromatic carbocycles. The van der Waals surface area contributed by atoms with Gasteiger partial charge in [-0.1, -0.05) is 0 Å². The summed E-state index contributed by atoms with van der Waals surface area (Å²) in [5.41, 5.74) is 11.8. The standard InChI is InChI=1S/C16H27N7O5/c17-4-2-1-3-12(16(27)28)23-14(25)8-20-13(24)7-21-15(26)11(18)5-10-6-19-9-22-10/h6,9,11-12H,1-5,7-8,17-18H2,(H,19,22)(H,20,24)(H,21,26)(H,23,25)(H,27,28)/t11-,12-/m0/s1. The van der Waals surface area contributed by atoms with Gasteiger partial charge >= 0.3 is 5.97 Å². The van der Waals surface area contributed by atoms with E-state index in [9.17, 15) is 19.2 Å². The molecule has 2 atom stereocenters. The zero-order valence-corrected chi connectivity index (χ0v) is 15.4. The Kier molecular flexibility index (Phi) is 10.2. The minimum absolute atomic E-state index is 0.233. The summed E-state index contributed by atoms with van der Waals surface area (Å²) in [6.07, 6.45) is 4.70. The van der Waals surface area contributed by atoms with Crippen molar-refractivity contribution in [1.82, 2.24) is 25.9 Å². The third-order valence-electron chi connectivity index (χ3n) is 3.78. The highest BCUT2D eigenvalue weighted by Crippen LogP contribution is 2.00. The van der Waals surface area contributed by atoms with Gasteiger partial charge in [-0.15, -0.1) is 0 Å². The normalized spacial score (nSPS) is 12.6. The fourth-order valence-corrected chi connectivity index (χ4v) is 2.26. The first-order chi connectivity index (χ1) is 13.3. The number of nitrogens with two attached hydrogens (primary N) is 2. The first-order valence-electron chi connectivity index (χ1n) is 8.83. The molecule has 0 aliphatic heterocycles. The number of hydrogen-bond donors (Lipinski definition) is 7. The van der Waals surface area contributed by atoms with E-state index >= 15 is 0 Å². The molecule has 1 aromatic heterocycles. The average Bonchev–Trinajstić information content (AvgIpc) is 3.16. The van der Waals surface area contributed by atoms with E-state index in [0.717, 1.165) is 0 Å². The van der Waals surface area contributed by atoms with Crippen molar-refractivity contribution in [2.75, 3.05) is 19.6 Å². The van der Waals surface area contributed by atoms with Gasteiger partial charge < -0.3 is 37.5 Å². The lowest BCUT2D eigenvalue weighted by Gasteiger charge is -2.15. The van der Waals surface area contributed by atoms with E-state index in [4.69, 9.17) is 16.6 Å². The predicted molar refractivity (Wildman–Crippen MR) is 98.8 cm³/mol. The van der Waals surface area contributed by atoms with Gasteiger partial charge in [0.25, 0.3) is 0 Å². The number of carbonyl (C=O) groups is 4. The molecule has 156 valence electrons. The molecule has 0 aliphatic rings. The van der Waals surface area contributed by atoms with Crippen molar-refractivity contribution in [2.45, 2.75) is 37.8 Å². The number of nitrogens with one attached hydrogen (secondary N) is 4. The second kappa shape index (κ2) is 12.4. The van der Waals surface area contributed by atoms with Gasteiger partial charge in [-0.2, -0.15) is 0 Å². The summed E-state index contributed by atoms with van der Waals surface area (Å²) < 4.78 is 0. The van der Waals surface area contributed by atoms with Gasteiger partial charge in [-0.3, -0.25) is 14.4 Å². The van der Waals surface area contributed by atoms with Crippen molar-refractivity contribution in [3.8, 4) is 0 Å². The van der Waals surface area contributed by atoms with E-state index < -0.39 is 42.3 Å². The molecule has 0 radical (unpaired) electrons. The second-order valence-electron chi connectivity index (χ2n) is 6.12. The van der Waals surface area contributed by atoms with Gasteiger partial charge in [0.2, 0.25) is 17.7 Å². The first-order valence-corrected chi connectivity index (χ1v) is 8.83. The third kappa shape index (κ3) is 9.09. The van der Waals surface area contributed by atoms with Crippen LogP contribution in [-0.2, 0) is 25.6 Å². The summed E-state index contributed by atoms with van der Waals surface area (Å²) in [7, 11) is 0. The molecule has 0 unspecified atom stereocenters. The molecule has 9 N–H and O–H groups in total. The van der Waals surface area contributed by atoms with E-state index in [1.807, 2.05) is 0 Å². The number of carbonyl (C=O) groups excluding carboxylic acids is 3. The Bertz CT molecular complexity index is 650. The van der Waals surface area contributed by atoms with Crippen LogP contribution in [0.1, 0.15) is 25.0 Å². The highest BCUT2D eigenvalue weighted by molar-refractivity contribution is 5.90. The summed E-state index contributed by atoms with van der Waals surface area (Å²) >= 11 is 0. The van der Waals surface area contributed by atoms with Gasteiger partial charge in [-0.25, -0.2) is 9.78 Å². The van der Waals surface area contributed by atoms with E-state index in [0.29, 0.717) is 25.1 Å². The highest BCUT2D eigenvalue weighted by Gasteiger charge is 2.20. The zero-order valence-electron chi connectivity index (χ0n) is 15.4. The quantitative estimate of drug-likeness (QED) is 0.173. The average molecular weight is 397 g/mol. The van der Waals surface area contributed by atoms with Gasteiger partial charge in [0.05, 0.1) is 25.5 Å².